The number of nitrogen functional groups attached to an aromatic ring is 1. The van der Waals surface area contributed by atoms with Crippen molar-refractivity contribution in [3.05, 3.63) is 54.0 Å². The number of aromatic nitrogens is 2. The number of fused-ring (bicyclic) bond motifs is 1. The lowest BCUT2D eigenvalue weighted by atomic mass is 10.2. The van der Waals surface area contributed by atoms with E-state index >= 15 is 0 Å². The highest BCUT2D eigenvalue weighted by atomic mass is 16.1. The highest BCUT2D eigenvalue weighted by Gasteiger charge is 2.10. The Labute approximate surface area is 115 Å². The number of nitrogens with zero attached hydrogens (tertiary/aromatic N) is 1. The van der Waals surface area contributed by atoms with E-state index in [2.05, 4.69) is 15.3 Å². The van der Waals surface area contributed by atoms with E-state index in [-0.39, 0.29) is 5.91 Å². The number of rotatable bonds is 2. The largest absolute Gasteiger partial charge is 0.399 e. The van der Waals surface area contributed by atoms with Crippen LogP contribution in [0.2, 0.25) is 0 Å². The van der Waals surface area contributed by atoms with E-state index in [1.54, 1.807) is 24.4 Å². The Morgan fingerprint density at radius 1 is 1.25 bits per heavy atom. The molecule has 0 saturated carbocycles. The van der Waals surface area contributed by atoms with Crippen LogP contribution in [0.1, 0.15) is 16.2 Å². The van der Waals surface area contributed by atoms with E-state index in [0.29, 0.717) is 11.4 Å². The van der Waals surface area contributed by atoms with E-state index in [4.69, 9.17) is 5.73 Å². The van der Waals surface area contributed by atoms with Crippen molar-refractivity contribution in [3.63, 3.8) is 0 Å². The first kappa shape index (κ1) is 12.2. The fraction of sp³-hybridized carbons (Fsp3) is 0.0667. The van der Waals surface area contributed by atoms with Crippen molar-refractivity contribution < 1.29 is 4.79 Å². The molecule has 5 heteroatoms. The van der Waals surface area contributed by atoms with Crippen LogP contribution in [-0.4, -0.2) is 15.9 Å². The number of hydrogen-bond donors (Lipinski definition) is 3. The Balaban J connectivity index is 1.88. The maximum atomic E-state index is 12.2. The number of pyridine rings is 1. The molecular formula is C15H14N4O. The SMILES string of the molecule is Cc1cc(NC(=O)c2cc3cc(N)ccc3[nH]2)ccn1. The van der Waals surface area contributed by atoms with Gasteiger partial charge in [-0.2, -0.15) is 0 Å². The standard InChI is InChI=1S/C15H14N4O/c1-9-6-12(4-5-17-9)18-15(20)14-8-10-7-11(16)2-3-13(10)19-14/h2-8,19H,16H2,1H3,(H,17,18,20). The van der Waals surface area contributed by atoms with Gasteiger partial charge in [-0.15, -0.1) is 0 Å². The molecule has 1 aromatic carbocycles. The monoisotopic (exact) mass is 266 g/mol. The van der Waals surface area contributed by atoms with Crippen molar-refractivity contribution in [2.75, 3.05) is 11.1 Å². The summed E-state index contributed by atoms with van der Waals surface area (Å²) in [6.45, 7) is 1.88. The van der Waals surface area contributed by atoms with Crippen LogP contribution in [-0.2, 0) is 0 Å². The maximum Gasteiger partial charge on any atom is 0.272 e. The predicted molar refractivity (Wildman–Crippen MR) is 79.6 cm³/mol. The van der Waals surface area contributed by atoms with Crippen LogP contribution in [0.3, 0.4) is 0 Å². The second-order valence-electron chi connectivity index (χ2n) is 4.67. The third-order valence-electron chi connectivity index (χ3n) is 3.04. The first-order valence-electron chi connectivity index (χ1n) is 6.24. The average molecular weight is 266 g/mol. The Morgan fingerprint density at radius 2 is 2.10 bits per heavy atom. The van der Waals surface area contributed by atoms with Crippen molar-refractivity contribution >= 4 is 28.2 Å². The fourth-order valence-electron chi connectivity index (χ4n) is 2.10. The molecule has 5 nitrogen and oxygen atoms in total. The minimum absolute atomic E-state index is 0.189. The molecular weight excluding hydrogens is 252 g/mol. The molecule has 0 atom stereocenters. The second kappa shape index (κ2) is 4.70. The van der Waals surface area contributed by atoms with Gasteiger partial charge in [-0.25, -0.2) is 0 Å². The van der Waals surface area contributed by atoms with E-state index in [1.807, 2.05) is 25.1 Å². The summed E-state index contributed by atoms with van der Waals surface area (Å²) in [7, 11) is 0. The number of carbonyl (C=O) groups is 1. The van der Waals surface area contributed by atoms with Crippen molar-refractivity contribution in [1.29, 1.82) is 0 Å². The van der Waals surface area contributed by atoms with Gasteiger partial charge in [0.1, 0.15) is 5.69 Å². The lowest BCUT2D eigenvalue weighted by Gasteiger charge is -2.03. The number of aryl methyl sites for hydroxylation is 1. The molecule has 3 rings (SSSR count). The number of benzene rings is 1. The fourth-order valence-corrected chi connectivity index (χ4v) is 2.10. The average Bonchev–Trinajstić information content (AvgIpc) is 2.81. The van der Waals surface area contributed by atoms with Crippen molar-refractivity contribution in [2.24, 2.45) is 0 Å². The minimum atomic E-state index is -0.189. The van der Waals surface area contributed by atoms with Crippen LogP contribution < -0.4 is 11.1 Å². The van der Waals surface area contributed by atoms with Gasteiger partial charge in [0.15, 0.2) is 0 Å². The Bertz CT molecular complexity index is 791. The molecule has 4 N–H and O–H groups in total. The van der Waals surface area contributed by atoms with E-state index in [9.17, 15) is 4.79 Å². The molecule has 0 aliphatic carbocycles. The molecule has 0 saturated heterocycles. The predicted octanol–water partition coefficient (Wildman–Crippen LogP) is 2.71. The van der Waals surface area contributed by atoms with Gasteiger partial charge in [0.05, 0.1) is 0 Å². The molecule has 1 amide bonds. The van der Waals surface area contributed by atoms with Crippen molar-refractivity contribution in [1.82, 2.24) is 9.97 Å². The Kier molecular flexibility index (Phi) is 2.87. The van der Waals surface area contributed by atoms with E-state index in [1.165, 1.54) is 0 Å². The van der Waals surface area contributed by atoms with Crippen LogP contribution in [0.5, 0.6) is 0 Å². The molecule has 0 fully saturated rings. The number of anilines is 2. The van der Waals surface area contributed by atoms with Gasteiger partial charge >= 0.3 is 0 Å². The smallest absolute Gasteiger partial charge is 0.272 e. The van der Waals surface area contributed by atoms with Crippen LogP contribution in [0, 0.1) is 6.92 Å². The quantitative estimate of drug-likeness (QED) is 0.623. The molecule has 0 unspecified atom stereocenters. The third-order valence-corrected chi connectivity index (χ3v) is 3.04. The number of nitrogens with two attached hydrogens (primary N) is 1. The Morgan fingerprint density at radius 3 is 2.90 bits per heavy atom. The van der Waals surface area contributed by atoms with Gasteiger partial charge in [-0.1, -0.05) is 0 Å². The highest BCUT2D eigenvalue weighted by molar-refractivity contribution is 6.06. The van der Waals surface area contributed by atoms with E-state index < -0.39 is 0 Å². The highest BCUT2D eigenvalue weighted by Crippen LogP contribution is 2.19. The van der Waals surface area contributed by atoms with Crippen LogP contribution in [0.25, 0.3) is 10.9 Å². The third kappa shape index (κ3) is 2.33. The molecule has 0 aliphatic rings. The topological polar surface area (TPSA) is 83.8 Å². The molecule has 3 aromatic rings. The van der Waals surface area contributed by atoms with Gasteiger partial charge in [0.25, 0.3) is 5.91 Å². The molecule has 0 spiro atoms. The summed E-state index contributed by atoms with van der Waals surface area (Å²) in [6.07, 6.45) is 1.66. The zero-order valence-electron chi connectivity index (χ0n) is 11.0. The molecule has 20 heavy (non-hydrogen) atoms. The van der Waals surface area contributed by atoms with E-state index in [0.717, 1.165) is 22.3 Å². The van der Waals surface area contributed by atoms with Gasteiger partial charge in [-0.3, -0.25) is 9.78 Å². The lowest BCUT2D eigenvalue weighted by Crippen LogP contribution is -2.12. The van der Waals surface area contributed by atoms with Gasteiger partial charge in [-0.05, 0) is 43.3 Å². The molecule has 2 heterocycles. The zero-order valence-corrected chi connectivity index (χ0v) is 11.0. The summed E-state index contributed by atoms with van der Waals surface area (Å²) in [4.78, 5) is 19.4. The second-order valence-corrected chi connectivity index (χ2v) is 4.67. The Hall–Kier alpha value is -2.82. The first-order chi connectivity index (χ1) is 9.61. The maximum absolute atomic E-state index is 12.2. The first-order valence-corrected chi connectivity index (χ1v) is 6.24. The molecule has 2 aromatic heterocycles. The van der Waals surface area contributed by atoms with Crippen LogP contribution in [0.15, 0.2) is 42.6 Å². The van der Waals surface area contributed by atoms with Crippen LogP contribution >= 0.6 is 0 Å². The summed E-state index contributed by atoms with van der Waals surface area (Å²) in [5.74, 6) is -0.189. The summed E-state index contributed by atoms with van der Waals surface area (Å²) >= 11 is 0. The molecule has 0 radical (unpaired) electrons. The summed E-state index contributed by atoms with van der Waals surface area (Å²) < 4.78 is 0. The number of hydrogen-bond acceptors (Lipinski definition) is 3. The summed E-state index contributed by atoms with van der Waals surface area (Å²) in [6, 6.07) is 10.9. The van der Waals surface area contributed by atoms with Gasteiger partial charge < -0.3 is 16.0 Å². The number of aromatic amines is 1. The number of amides is 1. The van der Waals surface area contributed by atoms with Crippen LogP contribution in [0.4, 0.5) is 11.4 Å². The molecule has 100 valence electrons. The minimum Gasteiger partial charge on any atom is -0.399 e. The molecule has 0 bridgehead atoms. The van der Waals surface area contributed by atoms with Crippen molar-refractivity contribution in [2.45, 2.75) is 6.92 Å². The van der Waals surface area contributed by atoms with Crippen molar-refractivity contribution in [3.8, 4) is 0 Å². The number of H-pyrrole nitrogens is 1. The molecule has 0 aliphatic heterocycles. The van der Waals surface area contributed by atoms with Gasteiger partial charge in [0.2, 0.25) is 0 Å². The number of carbonyl (C=O) groups excluding carboxylic acids is 1. The van der Waals surface area contributed by atoms with Gasteiger partial charge in [0, 0.05) is 34.2 Å². The lowest BCUT2D eigenvalue weighted by molar-refractivity contribution is 0.102. The summed E-state index contributed by atoms with van der Waals surface area (Å²) in [5, 5.41) is 3.75. The normalized spacial score (nSPS) is 10.7. The summed E-state index contributed by atoms with van der Waals surface area (Å²) in [5.41, 5.74) is 9.36. The zero-order chi connectivity index (χ0) is 14.1. The number of nitrogens with one attached hydrogen (secondary N) is 2.